The highest BCUT2D eigenvalue weighted by Crippen LogP contribution is 2.25. The number of halogens is 2. The molecule has 0 amide bonds. The van der Waals surface area contributed by atoms with Gasteiger partial charge in [-0.05, 0) is 24.1 Å². The second kappa shape index (κ2) is 5.12. The van der Waals surface area contributed by atoms with Gasteiger partial charge >= 0.3 is 0 Å². The van der Waals surface area contributed by atoms with Crippen LogP contribution in [0.1, 0.15) is 35.8 Å². The Bertz CT molecular complexity index is 591. The van der Waals surface area contributed by atoms with Gasteiger partial charge in [0.2, 0.25) is 0 Å². The quantitative estimate of drug-likeness (QED) is 0.794. The average Bonchev–Trinajstić information content (AvgIpc) is 2.77. The van der Waals surface area contributed by atoms with E-state index < -0.39 is 0 Å². The van der Waals surface area contributed by atoms with Gasteiger partial charge in [-0.2, -0.15) is 5.10 Å². The van der Waals surface area contributed by atoms with E-state index in [0.717, 1.165) is 17.7 Å². The van der Waals surface area contributed by atoms with Gasteiger partial charge in [0.15, 0.2) is 6.29 Å². The van der Waals surface area contributed by atoms with Crippen molar-refractivity contribution in [2.45, 2.75) is 19.8 Å². The highest BCUT2D eigenvalue weighted by molar-refractivity contribution is 6.42. The summed E-state index contributed by atoms with van der Waals surface area (Å²) < 4.78 is 1.64. The van der Waals surface area contributed by atoms with Crippen molar-refractivity contribution in [3.05, 3.63) is 45.7 Å². The summed E-state index contributed by atoms with van der Waals surface area (Å²) in [6.07, 6.45) is 2.51. The molecule has 0 atom stereocenters. The number of carbonyl (C=O) groups excluding carboxylic acids is 1. The Kier molecular flexibility index (Phi) is 3.73. The fourth-order valence-electron chi connectivity index (χ4n) is 1.70. The fourth-order valence-corrected chi connectivity index (χ4v) is 1.99. The van der Waals surface area contributed by atoms with Crippen LogP contribution >= 0.6 is 23.2 Å². The second-order valence-electron chi connectivity index (χ2n) is 4.29. The Morgan fingerprint density at radius 2 is 2.00 bits per heavy atom. The lowest BCUT2D eigenvalue weighted by Gasteiger charge is -2.03. The number of aldehydes is 1. The number of nitrogens with zero attached hydrogens (tertiary/aromatic N) is 2. The molecule has 1 heterocycles. The van der Waals surface area contributed by atoms with E-state index in [0.29, 0.717) is 15.6 Å². The molecule has 0 radical (unpaired) electrons. The highest BCUT2D eigenvalue weighted by atomic mass is 35.5. The van der Waals surface area contributed by atoms with Crippen molar-refractivity contribution < 1.29 is 4.79 Å². The Morgan fingerprint density at radius 1 is 1.28 bits per heavy atom. The molecular formula is C13H12Cl2N2O. The van der Waals surface area contributed by atoms with Crippen molar-refractivity contribution >= 4 is 29.5 Å². The Hall–Kier alpha value is -1.32. The molecule has 0 unspecified atom stereocenters. The smallest absolute Gasteiger partial charge is 0.153 e. The van der Waals surface area contributed by atoms with E-state index in [9.17, 15) is 4.79 Å². The van der Waals surface area contributed by atoms with E-state index in [1.54, 1.807) is 29.1 Å². The molecule has 0 aliphatic heterocycles. The van der Waals surface area contributed by atoms with Crippen molar-refractivity contribution in [1.82, 2.24) is 9.78 Å². The third-order valence-corrected chi connectivity index (χ3v) is 3.35. The predicted molar refractivity (Wildman–Crippen MR) is 73.1 cm³/mol. The Morgan fingerprint density at radius 3 is 2.50 bits per heavy atom. The van der Waals surface area contributed by atoms with Gasteiger partial charge in [0.05, 0.1) is 27.0 Å². The van der Waals surface area contributed by atoms with E-state index in [4.69, 9.17) is 23.2 Å². The minimum atomic E-state index is 0.189. The first kappa shape index (κ1) is 13.1. The molecule has 1 aromatic heterocycles. The van der Waals surface area contributed by atoms with Gasteiger partial charge in [-0.15, -0.1) is 0 Å². The van der Waals surface area contributed by atoms with Crippen LogP contribution in [-0.4, -0.2) is 16.1 Å². The summed E-state index contributed by atoms with van der Waals surface area (Å²) in [4.78, 5) is 11.0. The number of hydrogen-bond donors (Lipinski definition) is 0. The maximum absolute atomic E-state index is 11.0. The number of rotatable bonds is 3. The van der Waals surface area contributed by atoms with Crippen LogP contribution in [0.3, 0.4) is 0 Å². The summed E-state index contributed by atoms with van der Waals surface area (Å²) in [6, 6.07) is 5.23. The third-order valence-electron chi connectivity index (χ3n) is 2.61. The molecule has 0 bridgehead atoms. The van der Waals surface area contributed by atoms with Crippen LogP contribution in [0.5, 0.6) is 0 Å². The lowest BCUT2D eigenvalue weighted by atomic mass is 10.1. The zero-order chi connectivity index (χ0) is 13.3. The summed E-state index contributed by atoms with van der Waals surface area (Å²) in [5, 5.41) is 5.36. The molecular weight excluding hydrogens is 271 g/mol. The molecule has 0 N–H and O–H groups in total. The van der Waals surface area contributed by atoms with Gasteiger partial charge in [0, 0.05) is 6.20 Å². The Labute approximate surface area is 115 Å². The zero-order valence-electron chi connectivity index (χ0n) is 10.0. The van der Waals surface area contributed by atoms with Crippen LogP contribution in [-0.2, 0) is 0 Å². The van der Waals surface area contributed by atoms with Crippen LogP contribution in [0.25, 0.3) is 5.69 Å². The first-order valence-corrected chi connectivity index (χ1v) is 6.28. The molecule has 94 valence electrons. The number of carbonyl (C=O) groups is 1. The summed E-state index contributed by atoms with van der Waals surface area (Å²) in [5.41, 5.74) is 2.14. The molecule has 0 saturated carbocycles. The van der Waals surface area contributed by atoms with Crippen molar-refractivity contribution in [1.29, 1.82) is 0 Å². The SMILES string of the molecule is CC(C)c1nn(-c2ccc(Cl)c(Cl)c2)cc1C=O. The summed E-state index contributed by atoms with van der Waals surface area (Å²) in [6.45, 7) is 3.99. The largest absolute Gasteiger partial charge is 0.298 e. The van der Waals surface area contributed by atoms with Gasteiger partial charge in [-0.3, -0.25) is 4.79 Å². The van der Waals surface area contributed by atoms with Crippen LogP contribution in [0.4, 0.5) is 0 Å². The van der Waals surface area contributed by atoms with E-state index in [1.807, 2.05) is 13.8 Å². The van der Waals surface area contributed by atoms with E-state index in [1.165, 1.54) is 0 Å². The number of hydrogen-bond acceptors (Lipinski definition) is 2. The molecule has 0 fully saturated rings. The second-order valence-corrected chi connectivity index (χ2v) is 5.10. The minimum absolute atomic E-state index is 0.189. The lowest BCUT2D eigenvalue weighted by molar-refractivity contribution is 0.112. The van der Waals surface area contributed by atoms with Gasteiger partial charge in [0.1, 0.15) is 0 Å². The van der Waals surface area contributed by atoms with Crippen LogP contribution in [0, 0.1) is 0 Å². The minimum Gasteiger partial charge on any atom is -0.298 e. The molecule has 18 heavy (non-hydrogen) atoms. The molecule has 0 spiro atoms. The molecule has 2 aromatic rings. The van der Waals surface area contributed by atoms with Crippen molar-refractivity contribution in [2.75, 3.05) is 0 Å². The van der Waals surface area contributed by atoms with Crippen molar-refractivity contribution in [2.24, 2.45) is 0 Å². The van der Waals surface area contributed by atoms with E-state index >= 15 is 0 Å². The molecule has 2 rings (SSSR count). The topological polar surface area (TPSA) is 34.9 Å². The van der Waals surface area contributed by atoms with Gasteiger partial charge in [-0.25, -0.2) is 4.68 Å². The molecule has 0 aliphatic carbocycles. The highest BCUT2D eigenvalue weighted by Gasteiger charge is 2.13. The number of aromatic nitrogens is 2. The van der Waals surface area contributed by atoms with E-state index in [2.05, 4.69) is 5.10 Å². The average molecular weight is 283 g/mol. The van der Waals surface area contributed by atoms with Crippen molar-refractivity contribution in [3.8, 4) is 5.69 Å². The van der Waals surface area contributed by atoms with Gasteiger partial charge in [-0.1, -0.05) is 37.0 Å². The first-order chi connectivity index (χ1) is 8.52. The molecule has 1 aromatic carbocycles. The van der Waals surface area contributed by atoms with Gasteiger partial charge < -0.3 is 0 Å². The lowest BCUT2D eigenvalue weighted by Crippen LogP contribution is -1.97. The van der Waals surface area contributed by atoms with E-state index in [-0.39, 0.29) is 5.92 Å². The summed E-state index contributed by atoms with van der Waals surface area (Å²) in [5.74, 6) is 0.189. The fraction of sp³-hybridized carbons (Fsp3) is 0.231. The van der Waals surface area contributed by atoms with Crippen molar-refractivity contribution in [3.63, 3.8) is 0 Å². The molecule has 0 saturated heterocycles. The van der Waals surface area contributed by atoms with Gasteiger partial charge in [0.25, 0.3) is 0 Å². The Balaban J connectivity index is 2.50. The molecule has 5 heteroatoms. The van der Waals surface area contributed by atoms with Crippen LogP contribution in [0.15, 0.2) is 24.4 Å². The standard InChI is InChI=1S/C13H12Cl2N2O/c1-8(2)13-9(7-18)6-17(16-13)10-3-4-11(14)12(15)5-10/h3-8H,1-2H3. The predicted octanol–water partition coefficient (Wildman–Crippen LogP) is 4.12. The summed E-state index contributed by atoms with van der Waals surface area (Å²) >= 11 is 11.8. The maximum Gasteiger partial charge on any atom is 0.153 e. The number of benzene rings is 1. The normalized spacial score (nSPS) is 10.9. The summed E-state index contributed by atoms with van der Waals surface area (Å²) in [7, 11) is 0. The third kappa shape index (κ3) is 2.42. The molecule has 0 aliphatic rings. The maximum atomic E-state index is 11.0. The van der Waals surface area contributed by atoms with Crippen LogP contribution < -0.4 is 0 Å². The zero-order valence-corrected chi connectivity index (χ0v) is 11.5. The van der Waals surface area contributed by atoms with Crippen LogP contribution in [0.2, 0.25) is 10.0 Å². The first-order valence-electron chi connectivity index (χ1n) is 5.53. The molecule has 3 nitrogen and oxygen atoms in total. The monoisotopic (exact) mass is 282 g/mol.